The van der Waals surface area contributed by atoms with Crippen LogP contribution >= 0.6 is 0 Å². The highest BCUT2D eigenvalue weighted by Crippen LogP contribution is 2.34. The Kier molecular flexibility index (Phi) is 4.42. The number of rotatable bonds is 2. The summed E-state index contributed by atoms with van der Waals surface area (Å²) >= 11 is 0. The lowest BCUT2D eigenvalue weighted by atomic mass is 9.93. The zero-order chi connectivity index (χ0) is 20.1. The summed E-state index contributed by atoms with van der Waals surface area (Å²) in [4.78, 5) is 13.2. The van der Waals surface area contributed by atoms with Crippen LogP contribution in [0.25, 0.3) is 28.0 Å². The van der Waals surface area contributed by atoms with Crippen molar-refractivity contribution < 1.29 is 27.1 Å². The molecule has 1 aliphatic rings. The minimum atomic E-state index is -4.55. The van der Waals surface area contributed by atoms with Crippen LogP contribution in [-0.2, 0) is 15.7 Å². The number of halogens is 3. The van der Waals surface area contributed by atoms with Gasteiger partial charge in [0.25, 0.3) is 0 Å². The third kappa shape index (κ3) is 3.16. The van der Waals surface area contributed by atoms with E-state index in [4.69, 9.17) is 13.9 Å². The number of hydrogen-bond donors (Lipinski definition) is 0. The van der Waals surface area contributed by atoms with Crippen LogP contribution < -0.4 is 5.43 Å². The molecular weight excluding hydrogens is 373 g/mol. The number of ether oxygens (including phenoxy) is 2. The molecule has 2 heterocycles. The van der Waals surface area contributed by atoms with E-state index in [2.05, 4.69) is 0 Å². The lowest BCUT2D eigenvalue weighted by molar-refractivity contribution is -0.137. The second-order valence-corrected chi connectivity index (χ2v) is 6.96. The predicted molar refractivity (Wildman–Crippen MR) is 99.0 cm³/mol. The van der Waals surface area contributed by atoms with E-state index in [1.54, 1.807) is 12.1 Å². The summed E-state index contributed by atoms with van der Waals surface area (Å²) in [6.07, 6.45) is -2.84. The molecule has 0 N–H and O–H groups in total. The predicted octanol–water partition coefficient (Wildman–Crippen LogP) is 5.43. The van der Waals surface area contributed by atoms with Crippen LogP contribution in [0, 0.1) is 0 Å². The Morgan fingerprint density at radius 2 is 1.86 bits per heavy atom. The van der Waals surface area contributed by atoms with Crippen molar-refractivity contribution in [2.24, 2.45) is 0 Å². The van der Waals surface area contributed by atoms with E-state index < -0.39 is 17.2 Å². The maximum absolute atomic E-state index is 13.2. The summed E-state index contributed by atoms with van der Waals surface area (Å²) < 4.78 is 55.7. The van der Waals surface area contributed by atoms with Gasteiger partial charge in [0.15, 0.2) is 6.79 Å². The fraction of sp³-hybridized carbons (Fsp3) is 0.286. The summed E-state index contributed by atoms with van der Waals surface area (Å²) in [6.45, 7) is 4.34. The summed E-state index contributed by atoms with van der Waals surface area (Å²) in [5.41, 5.74) is 0.485. The van der Waals surface area contributed by atoms with E-state index in [9.17, 15) is 18.0 Å². The second kappa shape index (κ2) is 6.67. The monoisotopic (exact) mass is 390 g/mol. The van der Waals surface area contributed by atoms with E-state index in [-0.39, 0.29) is 35.7 Å². The molecule has 4 nitrogen and oxygen atoms in total. The van der Waals surface area contributed by atoms with Crippen molar-refractivity contribution in [2.75, 3.05) is 13.4 Å². The molecule has 1 saturated heterocycles. The first-order chi connectivity index (χ1) is 13.3. The lowest BCUT2D eigenvalue weighted by Gasteiger charge is -2.14. The SMILES string of the molecule is CC(C)c1ccc2oc3ccc(C(F)(F)F)cc3c(=O)c2c1/C=C1\COCO1. The molecule has 0 amide bonds. The Hall–Kier alpha value is -2.80. The number of fused-ring (bicyclic) bond motifs is 2. The molecule has 0 spiro atoms. The minimum Gasteiger partial charge on any atom is -0.469 e. The van der Waals surface area contributed by atoms with Gasteiger partial charge in [0.05, 0.1) is 16.3 Å². The molecule has 0 aliphatic carbocycles. The molecule has 2 aromatic carbocycles. The lowest BCUT2D eigenvalue weighted by Crippen LogP contribution is -2.10. The fourth-order valence-electron chi connectivity index (χ4n) is 3.37. The van der Waals surface area contributed by atoms with Crippen molar-refractivity contribution in [1.82, 2.24) is 0 Å². The van der Waals surface area contributed by atoms with Gasteiger partial charge in [0.2, 0.25) is 5.43 Å². The molecule has 0 bridgehead atoms. The molecule has 146 valence electrons. The van der Waals surface area contributed by atoms with Gasteiger partial charge < -0.3 is 13.9 Å². The van der Waals surface area contributed by atoms with E-state index in [0.29, 0.717) is 16.9 Å². The Labute approximate surface area is 158 Å². The van der Waals surface area contributed by atoms with Crippen LogP contribution in [0.4, 0.5) is 13.2 Å². The average molecular weight is 390 g/mol. The summed E-state index contributed by atoms with van der Waals surface area (Å²) in [5.74, 6) is 0.633. The number of hydrogen-bond acceptors (Lipinski definition) is 4. The molecule has 1 aliphatic heterocycles. The van der Waals surface area contributed by atoms with Crippen molar-refractivity contribution in [3.05, 3.63) is 63.0 Å². The van der Waals surface area contributed by atoms with E-state index in [0.717, 1.165) is 17.7 Å². The van der Waals surface area contributed by atoms with Gasteiger partial charge in [-0.1, -0.05) is 19.9 Å². The van der Waals surface area contributed by atoms with E-state index in [1.165, 1.54) is 6.07 Å². The smallest absolute Gasteiger partial charge is 0.416 e. The molecule has 28 heavy (non-hydrogen) atoms. The van der Waals surface area contributed by atoms with Gasteiger partial charge in [-0.2, -0.15) is 13.2 Å². The largest absolute Gasteiger partial charge is 0.469 e. The molecule has 0 atom stereocenters. The first-order valence-corrected chi connectivity index (χ1v) is 8.77. The van der Waals surface area contributed by atoms with Gasteiger partial charge >= 0.3 is 6.18 Å². The molecule has 1 aromatic heterocycles. The highest BCUT2D eigenvalue weighted by Gasteiger charge is 2.31. The van der Waals surface area contributed by atoms with Crippen molar-refractivity contribution in [2.45, 2.75) is 25.9 Å². The molecule has 1 fully saturated rings. The quantitative estimate of drug-likeness (QED) is 0.547. The first kappa shape index (κ1) is 18.6. The van der Waals surface area contributed by atoms with Crippen LogP contribution in [-0.4, -0.2) is 13.4 Å². The normalized spacial score (nSPS) is 16.4. The standard InChI is InChI=1S/C21H17F3O4/c1-11(2)14-4-6-18-19(15(14)8-13-9-26-10-27-13)20(25)16-7-12(21(22,23)24)3-5-17(16)28-18/h3-8,11H,9-10H2,1-2H3/b13-8+. The summed E-state index contributed by atoms with van der Waals surface area (Å²) in [6, 6.07) is 6.47. The minimum absolute atomic E-state index is 0.0789. The molecular formula is C21H17F3O4. The highest BCUT2D eigenvalue weighted by molar-refractivity contribution is 5.96. The number of alkyl halides is 3. The Morgan fingerprint density at radius 1 is 1.11 bits per heavy atom. The maximum atomic E-state index is 13.2. The van der Waals surface area contributed by atoms with E-state index in [1.807, 2.05) is 19.9 Å². The molecule has 0 radical (unpaired) electrons. The number of benzene rings is 2. The topological polar surface area (TPSA) is 48.7 Å². The zero-order valence-corrected chi connectivity index (χ0v) is 15.2. The Morgan fingerprint density at radius 3 is 2.50 bits per heavy atom. The van der Waals surface area contributed by atoms with Gasteiger partial charge in [-0.15, -0.1) is 0 Å². The maximum Gasteiger partial charge on any atom is 0.416 e. The van der Waals surface area contributed by atoms with Gasteiger partial charge in [-0.25, -0.2) is 0 Å². The summed E-state index contributed by atoms with van der Waals surface area (Å²) in [5, 5.41) is 0.132. The molecule has 0 unspecified atom stereocenters. The third-order valence-corrected chi connectivity index (χ3v) is 4.74. The van der Waals surface area contributed by atoms with Crippen molar-refractivity contribution in [3.63, 3.8) is 0 Å². The molecule has 0 saturated carbocycles. The Bertz CT molecular complexity index is 1150. The van der Waals surface area contributed by atoms with Crippen LogP contribution in [0.5, 0.6) is 0 Å². The molecule has 3 aromatic rings. The van der Waals surface area contributed by atoms with Crippen molar-refractivity contribution in [1.29, 1.82) is 0 Å². The average Bonchev–Trinajstić information content (AvgIpc) is 3.13. The molecule has 4 rings (SSSR count). The van der Waals surface area contributed by atoms with Crippen LogP contribution in [0.2, 0.25) is 0 Å². The van der Waals surface area contributed by atoms with Crippen LogP contribution in [0.1, 0.15) is 36.5 Å². The first-order valence-electron chi connectivity index (χ1n) is 8.77. The second-order valence-electron chi connectivity index (χ2n) is 6.96. The van der Waals surface area contributed by atoms with Crippen molar-refractivity contribution >= 4 is 28.0 Å². The third-order valence-electron chi connectivity index (χ3n) is 4.74. The van der Waals surface area contributed by atoms with Gasteiger partial charge in [0.1, 0.15) is 23.5 Å². The summed E-state index contributed by atoms with van der Waals surface area (Å²) in [7, 11) is 0. The van der Waals surface area contributed by atoms with E-state index >= 15 is 0 Å². The van der Waals surface area contributed by atoms with Crippen LogP contribution in [0.3, 0.4) is 0 Å². The zero-order valence-electron chi connectivity index (χ0n) is 15.2. The Balaban J connectivity index is 2.08. The van der Waals surface area contributed by atoms with Gasteiger partial charge in [-0.3, -0.25) is 4.79 Å². The van der Waals surface area contributed by atoms with Crippen molar-refractivity contribution in [3.8, 4) is 0 Å². The fourth-order valence-corrected chi connectivity index (χ4v) is 3.37. The van der Waals surface area contributed by atoms with Crippen LogP contribution in [0.15, 0.2) is 45.3 Å². The van der Waals surface area contributed by atoms with Gasteiger partial charge in [-0.05, 0) is 47.4 Å². The van der Waals surface area contributed by atoms with Gasteiger partial charge in [0, 0.05) is 0 Å². The molecule has 7 heteroatoms. The highest BCUT2D eigenvalue weighted by atomic mass is 19.4.